The van der Waals surface area contributed by atoms with Crippen LogP contribution in [0.25, 0.3) is 0 Å². The Kier molecular flexibility index (Phi) is 4.38. The molecule has 0 aromatic carbocycles. The van der Waals surface area contributed by atoms with Gasteiger partial charge in [-0.3, -0.25) is 4.90 Å². The third-order valence-electron chi connectivity index (χ3n) is 5.33. The van der Waals surface area contributed by atoms with E-state index in [0.29, 0.717) is 17.5 Å². The number of aliphatic hydroxyl groups is 1. The average Bonchev–Trinajstić information content (AvgIpc) is 2.31. The summed E-state index contributed by atoms with van der Waals surface area (Å²) in [4.78, 5) is 2.52. The average molecular weight is 253 g/mol. The Labute approximate surface area is 113 Å². The number of hydrogen-bond donors (Lipinski definition) is 1. The third kappa shape index (κ3) is 3.27. The van der Waals surface area contributed by atoms with E-state index in [1.165, 1.54) is 32.1 Å². The van der Waals surface area contributed by atoms with E-state index in [1.54, 1.807) is 0 Å². The van der Waals surface area contributed by atoms with Crippen molar-refractivity contribution in [2.24, 2.45) is 11.3 Å². The van der Waals surface area contributed by atoms with Crippen molar-refractivity contribution in [3.8, 4) is 0 Å². The van der Waals surface area contributed by atoms with Gasteiger partial charge in [-0.05, 0) is 50.5 Å². The van der Waals surface area contributed by atoms with E-state index in [4.69, 9.17) is 0 Å². The van der Waals surface area contributed by atoms with E-state index in [-0.39, 0.29) is 6.10 Å². The van der Waals surface area contributed by atoms with Crippen molar-refractivity contribution in [1.29, 1.82) is 0 Å². The maximum absolute atomic E-state index is 10.3. The van der Waals surface area contributed by atoms with Gasteiger partial charge in [-0.25, -0.2) is 0 Å². The van der Waals surface area contributed by atoms with Gasteiger partial charge in [0.25, 0.3) is 0 Å². The molecule has 2 aliphatic carbocycles. The Morgan fingerprint density at radius 3 is 2.56 bits per heavy atom. The van der Waals surface area contributed by atoms with Crippen molar-refractivity contribution in [3.05, 3.63) is 0 Å². The summed E-state index contributed by atoms with van der Waals surface area (Å²) < 4.78 is 0. The van der Waals surface area contributed by atoms with Gasteiger partial charge in [0.1, 0.15) is 0 Å². The molecule has 0 heterocycles. The van der Waals surface area contributed by atoms with Crippen LogP contribution in [0.3, 0.4) is 0 Å². The minimum absolute atomic E-state index is 0.111. The van der Waals surface area contributed by atoms with E-state index < -0.39 is 0 Å². The van der Waals surface area contributed by atoms with Crippen LogP contribution in [-0.4, -0.2) is 35.2 Å². The van der Waals surface area contributed by atoms with Crippen LogP contribution < -0.4 is 0 Å². The Hall–Kier alpha value is -0.0800. The van der Waals surface area contributed by atoms with E-state index in [9.17, 15) is 5.11 Å². The van der Waals surface area contributed by atoms with Crippen LogP contribution in [0.15, 0.2) is 0 Å². The number of rotatable bonds is 2. The number of nitrogens with zero attached hydrogens (tertiary/aromatic N) is 1. The lowest BCUT2D eigenvalue weighted by Gasteiger charge is -2.46. The second kappa shape index (κ2) is 5.50. The van der Waals surface area contributed by atoms with Gasteiger partial charge in [-0.1, -0.05) is 33.6 Å². The quantitative estimate of drug-likeness (QED) is 0.815. The van der Waals surface area contributed by atoms with Gasteiger partial charge in [0.15, 0.2) is 0 Å². The van der Waals surface area contributed by atoms with E-state index in [1.807, 2.05) is 0 Å². The summed E-state index contributed by atoms with van der Waals surface area (Å²) in [5, 5.41) is 10.3. The molecule has 2 aliphatic rings. The molecule has 2 heteroatoms. The molecule has 0 saturated heterocycles. The Morgan fingerprint density at radius 1 is 1.17 bits per heavy atom. The molecule has 2 rings (SSSR count). The molecule has 4 unspecified atom stereocenters. The lowest BCUT2D eigenvalue weighted by Crippen LogP contribution is -2.52. The topological polar surface area (TPSA) is 23.5 Å². The van der Waals surface area contributed by atoms with Crippen LogP contribution in [0.4, 0.5) is 0 Å². The standard InChI is InChI=1S/C16H31NO/c1-12-6-5-7-13(10-12)17(4)14-11-16(2,3)9-8-15(14)18/h12-15,18H,5-11H2,1-4H3. The van der Waals surface area contributed by atoms with Crippen LogP contribution in [-0.2, 0) is 0 Å². The zero-order valence-corrected chi connectivity index (χ0v) is 12.7. The van der Waals surface area contributed by atoms with Crippen molar-refractivity contribution in [2.45, 2.75) is 83.9 Å². The molecular formula is C16H31NO. The molecule has 2 nitrogen and oxygen atoms in total. The number of aliphatic hydroxyl groups excluding tert-OH is 1. The molecule has 0 aliphatic heterocycles. The van der Waals surface area contributed by atoms with Gasteiger partial charge in [0.2, 0.25) is 0 Å². The van der Waals surface area contributed by atoms with Crippen LogP contribution in [0.1, 0.15) is 65.7 Å². The lowest BCUT2D eigenvalue weighted by atomic mass is 9.72. The fourth-order valence-corrected chi connectivity index (χ4v) is 3.99. The van der Waals surface area contributed by atoms with Gasteiger partial charge in [0.05, 0.1) is 6.10 Å². The summed E-state index contributed by atoms with van der Waals surface area (Å²) in [5.41, 5.74) is 0.401. The van der Waals surface area contributed by atoms with Gasteiger partial charge in [0, 0.05) is 12.1 Å². The summed E-state index contributed by atoms with van der Waals surface area (Å²) in [7, 11) is 2.25. The van der Waals surface area contributed by atoms with Crippen molar-refractivity contribution in [1.82, 2.24) is 4.90 Å². The SMILES string of the molecule is CC1CCCC(N(C)C2CC(C)(C)CCC2O)C1. The summed E-state index contributed by atoms with van der Waals surface area (Å²) in [6, 6.07) is 1.08. The number of hydrogen-bond acceptors (Lipinski definition) is 2. The molecule has 0 amide bonds. The minimum Gasteiger partial charge on any atom is -0.391 e. The first-order valence-electron chi connectivity index (χ1n) is 7.79. The molecule has 0 spiro atoms. The zero-order chi connectivity index (χ0) is 13.3. The summed E-state index contributed by atoms with van der Waals surface area (Å²) in [5.74, 6) is 0.861. The summed E-state index contributed by atoms with van der Waals surface area (Å²) >= 11 is 0. The molecule has 0 bridgehead atoms. The summed E-state index contributed by atoms with van der Waals surface area (Å²) in [6.45, 7) is 7.08. The van der Waals surface area contributed by atoms with Crippen LogP contribution in [0.5, 0.6) is 0 Å². The van der Waals surface area contributed by atoms with Crippen molar-refractivity contribution >= 4 is 0 Å². The Morgan fingerprint density at radius 2 is 1.89 bits per heavy atom. The van der Waals surface area contributed by atoms with Crippen LogP contribution in [0.2, 0.25) is 0 Å². The zero-order valence-electron chi connectivity index (χ0n) is 12.7. The maximum Gasteiger partial charge on any atom is 0.0695 e. The highest BCUT2D eigenvalue weighted by molar-refractivity contribution is 4.92. The lowest BCUT2D eigenvalue weighted by molar-refractivity contribution is -0.0312. The predicted molar refractivity (Wildman–Crippen MR) is 76.6 cm³/mol. The maximum atomic E-state index is 10.3. The first-order valence-corrected chi connectivity index (χ1v) is 7.79. The molecule has 2 saturated carbocycles. The van der Waals surface area contributed by atoms with Crippen molar-refractivity contribution in [3.63, 3.8) is 0 Å². The second-order valence-electron chi connectivity index (χ2n) is 7.63. The molecule has 4 atom stereocenters. The predicted octanol–water partition coefficient (Wildman–Crippen LogP) is 3.44. The summed E-state index contributed by atoms with van der Waals surface area (Å²) in [6.07, 6.45) is 8.58. The highest BCUT2D eigenvalue weighted by Crippen LogP contribution is 2.39. The smallest absolute Gasteiger partial charge is 0.0695 e. The monoisotopic (exact) mass is 253 g/mol. The second-order valence-corrected chi connectivity index (χ2v) is 7.63. The Balaban J connectivity index is 1.99. The van der Waals surface area contributed by atoms with Crippen LogP contribution >= 0.6 is 0 Å². The fraction of sp³-hybridized carbons (Fsp3) is 1.00. The van der Waals surface area contributed by atoms with Gasteiger partial charge < -0.3 is 5.11 Å². The highest BCUT2D eigenvalue weighted by Gasteiger charge is 2.38. The van der Waals surface area contributed by atoms with Crippen molar-refractivity contribution < 1.29 is 5.11 Å². The van der Waals surface area contributed by atoms with E-state index in [2.05, 4.69) is 32.7 Å². The normalized spacial score (nSPS) is 41.0. The highest BCUT2D eigenvalue weighted by atomic mass is 16.3. The first-order chi connectivity index (χ1) is 8.39. The van der Waals surface area contributed by atoms with Crippen LogP contribution in [0, 0.1) is 11.3 Å². The minimum atomic E-state index is -0.111. The first kappa shape index (κ1) is 14.3. The van der Waals surface area contributed by atoms with Crippen molar-refractivity contribution in [2.75, 3.05) is 7.05 Å². The third-order valence-corrected chi connectivity index (χ3v) is 5.33. The largest absolute Gasteiger partial charge is 0.391 e. The van der Waals surface area contributed by atoms with Gasteiger partial charge >= 0.3 is 0 Å². The Bertz CT molecular complexity index is 276. The molecule has 1 N–H and O–H groups in total. The van der Waals surface area contributed by atoms with Gasteiger partial charge in [-0.15, -0.1) is 0 Å². The molecule has 2 fully saturated rings. The molecule has 0 aromatic heterocycles. The van der Waals surface area contributed by atoms with E-state index >= 15 is 0 Å². The molecule has 0 radical (unpaired) electrons. The molecular weight excluding hydrogens is 222 g/mol. The number of likely N-dealkylation sites (N-methyl/N-ethyl adjacent to an activating group) is 1. The fourth-order valence-electron chi connectivity index (χ4n) is 3.99. The van der Waals surface area contributed by atoms with Gasteiger partial charge in [-0.2, -0.15) is 0 Å². The molecule has 18 heavy (non-hydrogen) atoms. The molecule has 106 valence electrons. The van der Waals surface area contributed by atoms with E-state index in [0.717, 1.165) is 18.8 Å². The molecule has 0 aromatic rings.